The smallest absolute Gasteiger partial charge is 0.196 e. The molecule has 0 saturated carbocycles. The van der Waals surface area contributed by atoms with Crippen molar-refractivity contribution in [3.05, 3.63) is 82.2 Å². The molecule has 3 aliphatic heterocycles. The molecule has 12 nitrogen and oxygen atoms in total. The van der Waals surface area contributed by atoms with Crippen LogP contribution in [0.2, 0.25) is 18.1 Å². The molecule has 3 heterocycles. The molecule has 3 saturated heterocycles. The van der Waals surface area contributed by atoms with Gasteiger partial charge < -0.3 is 37.6 Å². The second kappa shape index (κ2) is 20.5. The van der Waals surface area contributed by atoms with Crippen LogP contribution in [0.5, 0.6) is 0 Å². The van der Waals surface area contributed by atoms with Crippen LogP contribution < -0.4 is 0 Å². The Bertz CT molecular complexity index is 1680. The van der Waals surface area contributed by atoms with Crippen molar-refractivity contribution in [2.24, 2.45) is 40.6 Å². The zero-order valence-electron chi connectivity index (χ0n) is 37.6. The molecular formula is C46H71N3O9Si. The number of hydrogen-bond donors (Lipinski definition) is 0. The summed E-state index contributed by atoms with van der Waals surface area (Å²) in [6.45, 7) is 28.4. The van der Waals surface area contributed by atoms with E-state index in [1.807, 2.05) is 74.5 Å². The average Bonchev–Trinajstić information content (AvgIpc) is 3.19. The highest BCUT2D eigenvalue weighted by Crippen LogP contribution is 2.47. The van der Waals surface area contributed by atoms with Crippen LogP contribution in [-0.4, -0.2) is 82.2 Å². The molecule has 0 spiro atoms. The SMILES string of the molecule is CC(=O)C1O[C@@H](O[C@@H]2C(N=[N+]=[N-])[C@@H](O[Si](C)(C)C(C)(C)C(C)C)O[C@@H](C)[C@H]2O[C@@H]2OC(COCc3ccccc3)[C@@H](C)[C@H](C)C2OCc2ccccc2)C(C)[C@@H](C)[C@@H]1C. The summed E-state index contributed by atoms with van der Waals surface area (Å²) in [5.74, 6) is 0.297. The van der Waals surface area contributed by atoms with E-state index in [-0.39, 0.29) is 46.5 Å². The molecule has 0 aliphatic carbocycles. The maximum absolute atomic E-state index is 12.9. The molecule has 0 bridgehead atoms. The minimum atomic E-state index is -2.54. The molecule has 59 heavy (non-hydrogen) atoms. The zero-order valence-corrected chi connectivity index (χ0v) is 38.6. The van der Waals surface area contributed by atoms with E-state index in [0.29, 0.717) is 25.7 Å². The fraction of sp³-hybridized carbons (Fsp3) is 0.717. The fourth-order valence-corrected chi connectivity index (χ4v) is 11.0. The Labute approximate surface area is 354 Å². The average molecular weight is 838 g/mol. The monoisotopic (exact) mass is 837 g/mol. The molecule has 0 N–H and O–H groups in total. The van der Waals surface area contributed by atoms with Crippen molar-refractivity contribution in [2.45, 2.75) is 169 Å². The van der Waals surface area contributed by atoms with Gasteiger partial charge in [-0.3, -0.25) is 4.79 Å². The summed E-state index contributed by atoms with van der Waals surface area (Å²) in [7, 11) is -2.54. The molecular weight excluding hydrogens is 767 g/mol. The van der Waals surface area contributed by atoms with Crippen molar-refractivity contribution in [2.75, 3.05) is 6.61 Å². The first-order chi connectivity index (χ1) is 27.9. The van der Waals surface area contributed by atoms with Crippen LogP contribution in [0.25, 0.3) is 10.4 Å². The Kier molecular flexibility index (Phi) is 16.4. The number of carbonyl (C=O) groups is 1. The van der Waals surface area contributed by atoms with Crippen molar-refractivity contribution in [3.8, 4) is 0 Å². The summed E-state index contributed by atoms with van der Waals surface area (Å²) in [6, 6.07) is 19.1. The minimum Gasteiger partial charge on any atom is -0.392 e. The predicted molar refractivity (Wildman–Crippen MR) is 229 cm³/mol. The third kappa shape index (κ3) is 11.0. The maximum atomic E-state index is 12.9. The molecule has 328 valence electrons. The lowest BCUT2D eigenvalue weighted by Crippen LogP contribution is -2.65. The number of rotatable bonds is 17. The van der Waals surface area contributed by atoms with E-state index in [1.165, 1.54) is 0 Å². The van der Waals surface area contributed by atoms with Crippen LogP contribution in [0.1, 0.15) is 87.3 Å². The number of ether oxygens (including phenoxy) is 7. The van der Waals surface area contributed by atoms with Crippen molar-refractivity contribution < 1.29 is 42.4 Å². The van der Waals surface area contributed by atoms with Gasteiger partial charge >= 0.3 is 0 Å². The first kappa shape index (κ1) is 47.4. The maximum Gasteiger partial charge on any atom is 0.196 e. The van der Waals surface area contributed by atoms with Crippen molar-refractivity contribution in [1.82, 2.24) is 0 Å². The van der Waals surface area contributed by atoms with E-state index >= 15 is 0 Å². The van der Waals surface area contributed by atoms with E-state index < -0.39 is 63.7 Å². The zero-order chi connectivity index (χ0) is 43.2. The summed E-state index contributed by atoms with van der Waals surface area (Å²) < 4.78 is 54.3. The Hall–Kier alpha value is -2.68. The van der Waals surface area contributed by atoms with Crippen LogP contribution >= 0.6 is 0 Å². The van der Waals surface area contributed by atoms with E-state index in [2.05, 4.69) is 78.5 Å². The number of azide groups is 1. The number of ketones is 1. The molecule has 13 heteroatoms. The number of Topliss-reactive ketones (excluding diaryl/α,β-unsaturated/α-hetero) is 1. The summed E-state index contributed by atoms with van der Waals surface area (Å²) in [6.07, 6.45) is -6.40. The molecule has 2 aromatic carbocycles. The first-order valence-electron chi connectivity index (χ1n) is 21.6. The van der Waals surface area contributed by atoms with Gasteiger partial charge in [0.25, 0.3) is 0 Å². The Balaban J connectivity index is 1.51. The van der Waals surface area contributed by atoms with Gasteiger partial charge in [-0.25, -0.2) is 0 Å². The Morgan fingerprint density at radius 3 is 1.93 bits per heavy atom. The Morgan fingerprint density at radius 1 is 0.763 bits per heavy atom. The molecule has 0 amide bonds. The second-order valence-electron chi connectivity index (χ2n) is 18.7. The number of nitrogens with zero attached hydrogens (tertiary/aromatic N) is 3. The topological polar surface area (TPSA) is 140 Å². The fourth-order valence-electron chi connectivity index (χ4n) is 8.50. The lowest BCUT2D eigenvalue weighted by molar-refractivity contribution is -0.354. The van der Waals surface area contributed by atoms with Gasteiger partial charge in [0.2, 0.25) is 0 Å². The highest BCUT2D eigenvalue weighted by molar-refractivity contribution is 6.74. The van der Waals surface area contributed by atoms with E-state index in [1.54, 1.807) is 6.92 Å². The molecule has 3 fully saturated rings. The number of hydrogen-bond acceptors (Lipinski definition) is 10. The van der Waals surface area contributed by atoms with Gasteiger partial charge in [-0.1, -0.05) is 128 Å². The highest BCUT2D eigenvalue weighted by atomic mass is 28.4. The van der Waals surface area contributed by atoms with E-state index in [0.717, 1.165) is 11.1 Å². The van der Waals surface area contributed by atoms with E-state index in [4.69, 9.17) is 37.6 Å². The van der Waals surface area contributed by atoms with Crippen molar-refractivity contribution in [1.29, 1.82) is 0 Å². The lowest BCUT2D eigenvalue weighted by Gasteiger charge is -2.52. The molecule has 3 aliphatic rings. The van der Waals surface area contributed by atoms with Gasteiger partial charge in [0.15, 0.2) is 33.0 Å². The lowest BCUT2D eigenvalue weighted by atomic mass is 9.78. The molecule has 5 rings (SSSR count). The molecule has 0 radical (unpaired) electrons. The normalized spacial score (nSPS) is 35.6. The summed E-state index contributed by atoms with van der Waals surface area (Å²) in [5, 5.41) is 4.20. The summed E-state index contributed by atoms with van der Waals surface area (Å²) >= 11 is 0. The predicted octanol–water partition coefficient (Wildman–Crippen LogP) is 9.86. The van der Waals surface area contributed by atoms with Gasteiger partial charge in [-0.15, -0.1) is 0 Å². The third-order valence-corrected chi connectivity index (χ3v) is 18.9. The highest BCUT2D eigenvalue weighted by Gasteiger charge is 2.55. The Morgan fingerprint density at radius 2 is 1.36 bits per heavy atom. The first-order valence-corrected chi connectivity index (χ1v) is 24.6. The van der Waals surface area contributed by atoms with Gasteiger partial charge in [0, 0.05) is 10.8 Å². The van der Waals surface area contributed by atoms with Crippen LogP contribution in [-0.2, 0) is 55.6 Å². The van der Waals surface area contributed by atoms with Gasteiger partial charge in [-0.2, -0.15) is 0 Å². The molecule has 0 aromatic heterocycles. The molecule has 2 aromatic rings. The van der Waals surface area contributed by atoms with Gasteiger partial charge in [0.1, 0.15) is 30.5 Å². The van der Waals surface area contributed by atoms with Gasteiger partial charge in [0.05, 0.1) is 32.0 Å². The van der Waals surface area contributed by atoms with Crippen LogP contribution in [0.15, 0.2) is 65.8 Å². The third-order valence-electron chi connectivity index (χ3n) is 14.4. The van der Waals surface area contributed by atoms with Crippen molar-refractivity contribution in [3.63, 3.8) is 0 Å². The second-order valence-corrected chi connectivity index (χ2v) is 23.3. The largest absolute Gasteiger partial charge is 0.392 e. The number of carbonyl (C=O) groups excluding carboxylic acids is 1. The summed E-state index contributed by atoms with van der Waals surface area (Å²) in [5.41, 5.74) is 12.2. The van der Waals surface area contributed by atoms with Crippen LogP contribution in [0.3, 0.4) is 0 Å². The molecule has 5 unspecified atom stereocenters. The standard InChI is InChI=1S/C46H71N3O9Si/c1-27(2)46(10,11)59(12,13)58-44-38(48-49-47)42(57-43-32(7)28(3)30(5)39(55-43)33(8)50)41(34(9)53-44)56-45-40(52-25-36-22-18-15-19-23-36)31(6)29(4)37(54-45)26-51-24-35-20-16-14-17-21-35/h14-23,27-32,34,37-45H,24-26H2,1-13H3/t28-,29-,30-,31-,32?,34-,37?,38?,39?,40?,41+,42+,43-,44+,45-/m0/s1. The summed E-state index contributed by atoms with van der Waals surface area (Å²) in [4.78, 5) is 16.2. The van der Waals surface area contributed by atoms with Gasteiger partial charge in [-0.05, 0) is 78.2 Å². The quantitative estimate of drug-likeness (QED) is 0.0659. The van der Waals surface area contributed by atoms with E-state index in [9.17, 15) is 10.3 Å². The van der Waals surface area contributed by atoms with Crippen LogP contribution in [0.4, 0.5) is 0 Å². The van der Waals surface area contributed by atoms with Crippen molar-refractivity contribution >= 4 is 14.1 Å². The minimum absolute atomic E-state index is 0.00333. The molecule has 15 atom stereocenters. The van der Waals surface area contributed by atoms with Crippen LogP contribution in [0, 0.1) is 35.5 Å². The number of benzene rings is 2.